The van der Waals surface area contributed by atoms with Crippen LogP contribution in [0.1, 0.15) is 27.2 Å². The number of H-pyrrole nitrogens is 1. The molecule has 0 spiro atoms. The van der Waals surface area contributed by atoms with Crippen LogP contribution < -0.4 is 15.6 Å². The second-order valence-electron chi connectivity index (χ2n) is 8.61. The third-order valence-electron chi connectivity index (χ3n) is 5.47. The van der Waals surface area contributed by atoms with Gasteiger partial charge in [0.15, 0.2) is 0 Å². The number of rotatable bonds is 3. The summed E-state index contributed by atoms with van der Waals surface area (Å²) < 4.78 is 11.0. The van der Waals surface area contributed by atoms with Gasteiger partial charge in [-0.2, -0.15) is 0 Å². The summed E-state index contributed by atoms with van der Waals surface area (Å²) >= 11 is 0. The number of benzene rings is 1. The molecule has 3 atom stereocenters. The third-order valence-corrected chi connectivity index (χ3v) is 5.47. The quantitative estimate of drug-likeness (QED) is 0.842. The molecular formula is C20H26N4O4. The molecule has 2 aromatic rings. The Morgan fingerprint density at radius 1 is 1.29 bits per heavy atom. The fourth-order valence-electron chi connectivity index (χ4n) is 4.16. The summed E-state index contributed by atoms with van der Waals surface area (Å²) in [5, 5.41) is 4.06. The van der Waals surface area contributed by atoms with E-state index in [2.05, 4.69) is 15.3 Å². The number of carbonyl (C=O) groups is 1. The smallest absolute Gasteiger partial charge is 0.410 e. The van der Waals surface area contributed by atoms with E-state index >= 15 is 0 Å². The van der Waals surface area contributed by atoms with Crippen molar-refractivity contribution >= 4 is 22.7 Å². The minimum Gasteiger partial charge on any atom is -0.495 e. The van der Waals surface area contributed by atoms with Gasteiger partial charge in [-0.1, -0.05) is 0 Å². The van der Waals surface area contributed by atoms with Gasteiger partial charge < -0.3 is 24.7 Å². The zero-order valence-electron chi connectivity index (χ0n) is 16.6. The molecule has 1 aliphatic carbocycles. The van der Waals surface area contributed by atoms with Crippen LogP contribution in [0.25, 0.3) is 10.9 Å². The van der Waals surface area contributed by atoms with Gasteiger partial charge in [-0.3, -0.25) is 4.79 Å². The highest BCUT2D eigenvalue weighted by Gasteiger charge is 2.48. The average molecular weight is 386 g/mol. The molecule has 2 heterocycles. The zero-order valence-corrected chi connectivity index (χ0v) is 16.6. The van der Waals surface area contributed by atoms with E-state index in [0.717, 1.165) is 12.1 Å². The number of carbonyl (C=O) groups excluding carboxylic acids is 1. The molecule has 8 heteroatoms. The molecule has 0 radical (unpaired) electrons. The molecule has 1 saturated carbocycles. The van der Waals surface area contributed by atoms with Crippen molar-refractivity contribution in [2.45, 2.75) is 38.8 Å². The van der Waals surface area contributed by atoms with Crippen molar-refractivity contribution in [2.24, 2.45) is 11.8 Å². The van der Waals surface area contributed by atoms with E-state index < -0.39 is 5.60 Å². The largest absolute Gasteiger partial charge is 0.495 e. The van der Waals surface area contributed by atoms with E-state index in [1.165, 1.54) is 6.33 Å². The molecule has 150 valence electrons. The normalized spacial score (nSPS) is 23.9. The number of nitrogens with zero attached hydrogens (tertiary/aromatic N) is 2. The minimum absolute atomic E-state index is 0.180. The summed E-state index contributed by atoms with van der Waals surface area (Å²) in [5.74, 6) is 1.34. The van der Waals surface area contributed by atoms with Crippen LogP contribution in [0.15, 0.2) is 23.3 Å². The van der Waals surface area contributed by atoms with Crippen LogP contribution in [0, 0.1) is 11.8 Å². The monoisotopic (exact) mass is 386 g/mol. The number of methoxy groups -OCH3 is 1. The maximum Gasteiger partial charge on any atom is 0.410 e. The standard InChI is InChI=1S/C20H26N4O4/c1-20(2,3)28-19(26)24-8-11-5-12(9-24)17(11)23-15-6-13-14(7-16(15)27-4)21-10-22-18(13)25/h6-7,10-12,17,23H,5,8-9H2,1-4H3,(H,21,22,25)/t11-,12+,17?. The Morgan fingerprint density at radius 3 is 2.64 bits per heavy atom. The number of aromatic nitrogens is 2. The maximum absolute atomic E-state index is 12.3. The summed E-state index contributed by atoms with van der Waals surface area (Å²) in [6, 6.07) is 3.80. The highest BCUT2D eigenvalue weighted by molar-refractivity contribution is 5.85. The SMILES string of the molecule is COc1cc2nc[nH]c(=O)c2cc1NC1[C@@H]2C[C@H]1CN(C(=O)OC(C)(C)C)C2. The molecular weight excluding hydrogens is 360 g/mol. The van der Waals surface area contributed by atoms with Crippen molar-refractivity contribution in [2.75, 3.05) is 25.5 Å². The second-order valence-corrected chi connectivity index (χ2v) is 8.61. The van der Waals surface area contributed by atoms with Crippen LogP contribution in [0.5, 0.6) is 5.75 Å². The fourth-order valence-corrected chi connectivity index (χ4v) is 4.16. The summed E-state index contributed by atoms with van der Waals surface area (Å²) in [7, 11) is 1.60. The Balaban J connectivity index is 1.50. The van der Waals surface area contributed by atoms with Gasteiger partial charge in [-0.05, 0) is 45.1 Å². The zero-order chi connectivity index (χ0) is 20.1. The third kappa shape index (κ3) is 3.39. The topological polar surface area (TPSA) is 96.5 Å². The van der Waals surface area contributed by atoms with Crippen LogP contribution in [-0.4, -0.2) is 52.8 Å². The van der Waals surface area contributed by atoms with E-state index in [9.17, 15) is 9.59 Å². The van der Waals surface area contributed by atoms with Gasteiger partial charge in [-0.15, -0.1) is 0 Å². The Labute approximate surface area is 163 Å². The minimum atomic E-state index is -0.490. The van der Waals surface area contributed by atoms with Crippen LogP contribution in [0.2, 0.25) is 0 Å². The van der Waals surface area contributed by atoms with Crippen molar-refractivity contribution in [3.05, 3.63) is 28.8 Å². The Morgan fingerprint density at radius 2 is 2.00 bits per heavy atom. The number of nitrogens with one attached hydrogen (secondary N) is 2. The first-order chi connectivity index (χ1) is 13.2. The molecule has 1 aliphatic heterocycles. The van der Waals surface area contributed by atoms with E-state index in [1.54, 1.807) is 24.1 Å². The van der Waals surface area contributed by atoms with Gasteiger partial charge in [-0.25, -0.2) is 9.78 Å². The number of aromatic amines is 1. The molecule has 1 aromatic carbocycles. The molecule has 2 bridgehead atoms. The van der Waals surface area contributed by atoms with Crippen molar-refractivity contribution in [1.82, 2.24) is 14.9 Å². The average Bonchev–Trinajstić information content (AvgIpc) is 2.64. The molecule has 1 amide bonds. The number of likely N-dealkylation sites (tertiary alicyclic amines) is 1. The summed E-state index contributed by atoms with van der Waals surface area (Å²) in [6.07, 6.45) is 2.22. The van der Waals surface area contributed by atoms with E-state index in [1.807, 2.05) is 20.8 Å². The molecule has 2 fully saturated rings. The Hall–Kier alpha value is -2.77. The second kappa shape index (κ2) is 6.68. The van der Waals surface area contributed by atoms with Crippen LogP contribution >= 0.6 is 0 Å². The predicted molar refractivity (Wildman–Crippen MR) is 106 cm³/mol. The van der Waals surface area contributed by atoms with Gasteiger partial charge in [0.2, 0.25) is 0 Å². The van der Waals surface area contributed by atoms with Crippen LogP contribution in [-0.2, 0) is 4.74 Å². The molecule has 1 saturated heterocycles. The summed E-state index contributed by atoms with van der Waals surface area (Å²) in [5.41, 5.74) is 0.700. The van der Waals surface area contributed by atoms with Crippen molar-refractivity contribution in [1.29, 1.82) is 0 Å². The van der Waals surface area contributed by atoms with E-state index in [4.69, 9.17) is 9.47 Å². The van der Waals surface area contributed by atoms with Gasteiger partial charge >= 0.3 is 6.09 Å². The first-order valence-corrected chi connectivity index (χ1v) is 9.55. The number of ether oxygens (including phenoxy) is 2. The van der Waals surface area contributed by atoms with Crippen LogP contribution in [0.3, 0.4) is 0 Å². The number of fused-ring (bicyclic) bond motifs is 3. The fraction of sp³-hybridized carbons (Fsp3) is 0.550. The number of hydrogen-bond donors (Lipinski definition) is 2. The van der Waals surface area contributed by atoms with Crippen molar-refractivity contribution < 1.29 is 14.3 Å². The Kier molecular flexibility index (Phi) is 4.44. The highest BCUT2D eigenvalue weighted by Crippen LogP contribution is 2.43. The summed E-state index contributed by atoms with van der Waals surface area (Å²) in [4.78, 5) is 33.1. The van der Waals surface area contributed by atoms with Gasteiger partial charge in [0.1, 0.15) is 11.4 Å². The highest BCUT2D eigenvalue weighted by atomic mass is 16.6. The van der Waals surface area contributed by atoms with Crippen molar-refractivity contribution in [3.8, 4) is 5.75 Å². The predicted octanol–water partition coefficient (Wildman–Crippen LogP) is 2.60. The lowest BCUT2D eigenvalue weighted by Gasteiger charge is -2.53. The van der Waals surface area contributed by atoms with Gasteiger partial charge in [0, 0.05) is 25.2 Å². The number of piperidine rings is 2. The number of anilines is 1. The Bertz CT molecular complexity index is 953. The molecule has 28 heavy (non-hydrogen) atoms. The maximum atomic E-state index is 12.3. The van der Waals surface area contributed by atoms with Crippen molar-refractivity contribution in [3.63, 3.8) is 0 Å². The van der Waals surface area contributed by atoms with Crippen LogP contribution in [0.4, 0.5) is 10.5 Å². The van der Waals surface area contributed by atoms with E-state index in [-0.39, 0.29) is 17.7 Å². The molecule has 1 unspecified atom stereocenters. The lowest BCUT2D eigenvalue weighted by Crippen LogP contribution is -2.62. The first-order valence-electron chi connectivity index (χ1n) is 9.55. The van der Waals surface area contributed by atoms with Gasteiger partial charge in [0.25, 0.3) is 5.56 Å². The first kappa shape index (κ1) is 18.6. The number of hydrogen-bond acceptors (Lipinski definition) is 6. The summed E-state index contributed by atoms with van der Waals surface area (Å²) in [6.45, 7) is 6.97. The molecule has 4 rings (SSSR count). The number of amides is 1. The van der Waals surface area contributed by atoms with E-state index in [0.29, 0.717) is 41.6 Å². The molecule has 2 aliphatic rings. The molecule has 8 nitrogen and oxygen atoms in total. The molecule has 1 aromatic heterocycles. The lowest BCUT2D eigenvalue weighted by molar-refractivity contribution is -0.0223. The molecule has 2 N–H and O–H groups in total. The lowest BCUT2D eigenvalue weighted by atomic mass is 9.66. The van der Waals surface area contributed by atoms with Gasteiger partial charge in [0.05, 0.1) is 30.0 Å².